The highest BCUT2D eigenvalue weighted by molar-refractivity contribution is 6.31. The van der Waals surface area contributed by atoms with Crippen LogP contribution in [0.4, 0.5) is 0 Å². The molecule has 0 unspecified atom stereocenters. The van der Waals surface area contributed by atoms with Crippen LogP contribution in [0.25, 0.3) is 22.8 Å². The summed E-state index contributed by atoms with van der Waals surface area (Å²) in [6.45, 7) is 6.07. The van der Waals surface area contributed by atoms with Gasteiger partial charge in [0, 0.05) is 21.8 Å². The van der Waals surface area contributed by atoms with E-state index >= 15 is 0 Å². The van der Waals surface area contributed by atoms with Crippen molar-refractivity contribution in [1.82, 2.24) is 15.1 Å². The Morgan fingerprint density at radius 1 is 1.16 bits per heavy atom. The van der Waals surface area contributed by atoms with Gasteiger partial charge in [-0.3, -0.25) is 4.98 Å². The zero-order valence-electron chi connectivity index (χ0n) is 14.5. The first-order valence-corrected chi connectivity index (χ1v) is 8.56. The van der Waals surface area contributed by atoms with E-state index in [0.29, 0.717) is 28.3 Å². The molecule has 2 aromatic heterocycles. The highest BCUT2D eigenvalue weighted by Gasteiger charge is 2.15. The van der Waals surface area contributed by atoms with E-state index in [9.17, 15) is 0 Å². The van der Waals surface area contributed by atoms with Crippen molar-refractivity contribution in [2.24, 2.45) is 5.92 Å². The van der Waals surface area contributed by atoms with Crippen LogP contribution in [-0.2, 0) is 13.0 Å². The number of aromatic nitrogens is 3. The van der Waals surface area contributed by atoms with Crippen molar-refractivity contribution in [3.8, 4) is 22.8 Å². The Hall–Kier alpha value is -2.24. The smallest absolute Gasteiger partial charge is 0.258 e. The van der Waals surface area contributed by atoms with Crippen molar-refractivity contribution in [2.45, 2.75) is 33.8 Å². The van der Waals surface area contributed by atoms with Gasteiger partial charge in [-0.05, 0) is 49.1 Å². The van der Waals surface area contributed by atoms with E-state index in [2.05, 4.69) is 29.0 Å². The van der Waals surface area contributed by atoms with Gasteiger partial charge in [-0.1, -0.05) is 36.7 Å². The molecule has 0 fully saturated rings. The number of hydrogen-bond acceptors (Lipinski definition) is 5. The number of rotatable bonds is 5. The SMILES string of the molecule is Cc1nc(CO)ccc1-c1noc(-c2ccc(CC(C)C)c(Cl)c2)n1. The molecule has 0 bridgehead atoms. The van der Waals surface area contributed by atoms with Crippen molar-refractivity contribution in [3.63, 3.8) is 0 Å². The molecule has 3 rings (SSSR count). The van der Waals surface area contributed by atoms with Gasteiger partial charge >= 0.3 is 0 Å². The summed E-state index contributed by atoms with van der Waals surface area (Å²) >= 11 is 6.38. The molecular formula is C19H20ClN3O2. The lowest BCUT2D eigenvalue weighted by atomic mass is 10.0. The predicted octanol–water partition coefficient (Wildman–Crippen LogP) is 4.45. The van der Waals surface area contributed by atoms with Gasteiger partial charge in [-0.25, -0.2) is 0 Å². The number of benzene rings is 1. The standard InChI is InChI=1S/C19H20ClN3O2/c1-11(2)8-13-4-5-14(9-17(13)20)19-22-18(23-25-19)16-7-6-15(10-24)21-12(16)3/h4-7,9,11,24H,8,10H2,1-3H3. The Bertz CT molecular complexity index is 890. The van der Waals surface area contributed by atoms with Crippen LogP contribution in [0.15, 0.2) is 34.9 Å². The second kappa shape index (κ2) is 7.33. The van der Waals surface area contributed by atoms with E-state index in [0.717, 1.165) is 28.8 Å². The van der Waals surface area contributed by atoms with Gasteiger partial charge in [-0.15, -0.1) is 0 Å². The molecule has 5 nitrogen and oxygen atoms in total. The molecule has 0 saturated carbocycles. The summed E-state index contributed by atoms with van der Waals surface area (Å²) in [6, 6.07) is 9.39. The minimum absolute atomic E-state index is 0.0974. The Morgan fingerprint density at radius 2 is 1.96 bits per heavy atom. The Kier molecular flexibility index (Phi) is 5.16. The molecule has 0 atom stereocenters. The third-order valence-electron chi connectivity index (χ3n) is 3.90. The van der Waals surface area contributed by atoms with Gasteiger partial charge in [0.05, 0.1) is 12.3 Å². The molecule has 0 spiro atoms. The molecule has 1 N–H and O–H groups in total. The Labute approximate surface area is 151 Å². The first kappa shape index (κ1) is 17.6. The molecular weight excluding hydrogens is 338 g/mol. The number of halogens is 1. The van der Waals surface area contributed by atoms with E-state index in [1.165, 1.54) is 0 Å². The maximum Gasteiger partial charge on any atom is 0.258 e. The molecule has 0 aliphatic heterocycles. The fourth-order valence-corrected chi connectivity index (χ4v) is 2.93. The van der Waals surface area contributed by atoms with Crippen LogP contribution in [0.1, 0.15) is 30.8 Å². The van der Waals surface area contributed by atoms with Crippen LogP contribution in [-0.4, -0.2) is 20.2 Å². The zero-order chi connectivity index (χ0) is 18.0. The fraction of sp³-hybridized carbons (Fsp3) is 0.316. The maximum atomic E-state index is 9.15. The molecule has 0 aliphatic carbocycles. The zero-order valence-corrected chi connectivity index (χ0v) is 15.2. The van der Waals surface area contributed by atoms with Crippen LogP contribution in [0.2, 0.25) is 5.02 Å². The average Bonchev–Trinajstić information content (AvgIpc) is 3.06. The van der Waals surface area contributed by atoms with Crippen LogP contribution in [0.5, 0.6) is 0 Å². The van der Waals surface area contributed by atoms with E-state index in [4.69, 9.17) is 21.2 Å². The van der Waals surface area contributed by atoms with Gasteiger partial charge in [0.15, 0.2) is 0 Å². The summed E-state index contributed by atoms with van der Waals surface area (Å²) in [5.41, 5.74) is 4.02. The van der Waals surface area contributed by atoms with Gasteiger partial charge in [0.25, 0.3) is 5.89 Å². The lowest BCUT2D eigenvalue weighted by molar-refractivity contribution is 0.276. The first-order chi connectivity index (χ1) is 12.0. The minimum atomic E-state index is -0.0974. The molecule has 1 aromatic carbocycles. The quantitative estimate of drug-likeness (QED) is 0.730. The van der Waals surface area contributed by atoms with Crippen LogP contribution < -0.4 is 0 Å². The number of pyridine rings is 1. The number of hydrogen-bond donors (Lipinski definition) is 1. The molecule has 3 aromatic rings. The summed E-state index contributed by atoms with van der Waals surface area (Å²) in [5, 5.41) is 13.9. The molecule has 0 saturated heterocycles. The van der Waals surface area contributed by atoms with Crippen molar-refractivity contribution < 1.29 is 9.63 Å². The minimum Gasteiger partial charge on any atom is -0.390 e. The number of aliphatic hydroxyl groups is 1. The fourth-order valence-electron chi connectivity index (χ4n) is 2.67. The monoisotopic (exact) mass is 357 g/mol. The summed E-state index contributed by atoms with van der Waals surface area (Å²) in [6.07, 6.45) is 0.927. The molecule has 25 heavy (non-hydrogen) atoms. The van der Waals surface area contributed by atoms with E-state index in [-0.39, 0.29) is 6.61 Å². The topological polar surface area (TPSA) is 72.0 Å². The van der Waals surface area contributed by atoms with Gasteiger partial charge < -0.3 is 9.63 Å². The third-order valence-corrected chi connectivity index (χ3v) is 4.25. The highest BCUT2D eigenvalue weighted by Crippen LogP contribution is 2.28. The number of aliphatic hydroxyl groups excluding tert-OH is 1. The van der Waals surface area contributed by atoms with Crippen molar-refractivity contribution >= 4 is 11.6 Å². The van der Waals surface area contributed by atoms with Gasteiger partial charge in [-0.2, -0.15) is 4.98 Å². The summed E-state index contributed by atoms with van der Waals surface area (Å²) in [4.78, 5) is 8.77. The van der Waals surface area contributed by atoms with E-state index < -0.39 is 0 Å². The number of nitrogens with zero attached hydrogens (tertiary/aromatic N) is 3. The van der Waals surface area contributed by atoms with Crippen LogP contribution in [0.3, 0.4) is 0 Å². The summed E-state index contributed by atoms with van der Waals surface area (Å²) in [5.74, 6) is 1.42. The number of aryl methyl sites for hydroxylation is 1. The second-order valence-electron chi connectivity index (χ2n) is 6.42. The van der Waals surface area contributed by atoms with E-state index in [1.54, 1.807) is 6.07 Å². The lowest BCUT2D eigenvalue weighted by Gasteiger charge is -2.07. The normalized spacial score (nSPS) is 11.3. The summed E-state index contributed by atoms with van der Waals surface area (Å²) in [7, 11) is 0. The largest absolute Gasteiger partial charge is 0.390 e. The Balaban J connectivity index is 1.90. The third kappa shape index (κ3) is 3.89. The summed E-state index contributed by atoms with van der Waals surface area (Å²) < 4.78 is 5.40. The Morgan fingerprint density at radius 3 is 2.60 bits per heavy atom. The van der Waals surface area contributed by atoms with Crippen molar-refractivity contribution in [1.29, 1.82) is 0 Å². The van der Waals surface area contributed by atoms with E-state index in [1.807, 2.05) is 31.2 Å². The first-order valence-electron chi connectivity index (χ1n) is 8.18. The molecule has 130 valence electrons. The average molecular weight is 358 g/mol. The molecule has 0 radical (unpaired) electrons. The lowest BCUT2D eigenvalue weighted by Crippen LogP contribution is -1.95. The highest BCUT2D eigenvalue weighted by atomic mass is 35.5. The van der Waals surface area contributed by atoms with Crippen LogP contribution >= 0.6 is 11.6 Å². The molecule has 0 amide bonds. The van der Waals surface area contributed by atoms with Crippen molar-refractivity contribution in [3.05, 3.63) is 52.3 Å². The van der Waals surface area contributed by atoms with Crippen molar-refractivity contribution in [2.75, 3.05) is 0 Å². The molecule has 2 heterocycles. The molecule has 6 heteroatoms. The van der Waals surface area contributed by atoms with Gasteiger partial charge in [0.1, 0.15) is 0 Å². The van der Waals surface area contributed by atoms with Gasteiger partial charge in [0.2, 0.25) is 5.82 Å². The second-order valence-corrected chi connectivity index (χ2v) is 6.83. The molecule has 0 aliphatic rings. The van der Waals surface area contributed by atoms with Crippen LogP contribution in [0, 0.1) is 12.8 Å². The predicted molar refractivity (Wildman–Crippen MR) is 97.2 cm³/mol. The maximum absolute atomic E-state index is 9.15.